The quantitative estimate of drug-likeness (QED) is 0.157. The van der Waals surface area contributed by atoms with E-state index in [-0.39, 0.29) is 5.91 Å². The standard InChI is InChI=1S/C30H29N3OS2/c1-20-14-16-22(17-15-20)19-35-30-32-25-11-4-3-10-24(25)29(33-30)36-27-13-6-5-12-26(27)31-28(34)23-9-7-8-21(2)18-23/h5-9,12-18H,3-4,10-11,19H2,1-2H3,(H,31,34). The average Bonchev–Trinajstić information content (AvgIpc) is 2.89. The largest absolute Gasteiger partial charge is 0.321 e. The SMILES string of the molecule is Cc1ccc(CSc2nc3c(c(Sc4ccccc4NC(=O)c4cccc(C)c4)n2)CCCC3)cc1. The van der Waals surface area contributed by atoms with Crippen LogP contribution in [0.5, 0.6) is 0 Å². The summed E-state index contributed by atoms with van der Waals surface area (Å²) in [5, 5.41) is 4.93. The number of aryl methyl sites for hydroxylation is 3. The highest BCUT2D eigenvalue weighted by molar-refractivity contribution is 7.99. The molecule has 1 aromatic heterocycles. The molecule has 0 radical (unpaired) electrons. The molecule has 4 nitrogen and oxygen atoms in total. The maximum Gasteiger partial charge on any atom is 0.255 e. The minimum Gasteiger partial charge on any atom is -0.321 e. The van der Waals surface area contributed by atoms with Crippen LogP contribution in [0.2, 0.25) is 0 Å². The number of benzene rings is 3. The van der Waals surface area contributed by atoms with Crippen molar-refractivity contribution in [1.82, 2.24) is 9.97 Å². The average molecular weight is 512 g/mol. The van der Waals surface area contributed by atoms with Gasteiger partial charge in [-0.25, -0.2) is 9.97 Å². The molecule has 4 aromatic rings. The first-order valence-electron chi connectivity index (χ1n) is 12.3. The van der Waals surface area contributed by atoms with Crippen molar-refractivity contribution in [2.45, 2.75) is 60.4 Å². The summed E-state index contributed by atoms with van der Waals surface area (Å²) >= 11 is 3.31. The zero-order valence-electron chi connectivity index (χ0n) is 20.6. The van der Waals surface area contributed by atoms with Crippen LogP contribution in [0.1, 0.15) is 51.1 Å². The van der Waals surface area contributed by atoms with Gasteiger partial charge in [0.15, 0.2) is 5.16 Å². The van der Waals surface area contributed by atoms with Crippen LogP contribution < -0.4 is 5.32 Å². The number of thioether (sulfide) groups is 1. The first kappa shape index (κ1) is 24.6. The fourth-order valence-corrected chi connectivity index (χ4v) is 6.20. The van der Waals surface area contributed by atoms with Gasteiger partial charge in [-0.15, -0.1) is 0 Å². The molecule has 5 rings (SSSR count). The van der Waals surface area contributed by atoms with Gasteiger partial charge in [-0.1, -0.05) is 83.2 Å². The van der Waals surface area contributed by atoms with Crippen LogP contribution in [0.4, 0.5) is 5.69 Å². The first-order chi connectivity index (χ1) is 17.5. The Labute approximate surface area is 221 Å². The lowest BCUT2D eigenvalue weighted by molar-refractivity contribution is 0.102. The predicted octanol–water partition coefficient (Wildman–Crippen LogP) is 7.67. The minimum absolute atomic E-state index is 0.106. The number of carbonyl (C=O) groups is 1. The number of nitrogens with one attached hydrogen (secondary N) is 1. The van der Waals surface area contributed by atoms with Gasteiger partial charge >= 0.3 is 0 Å². The maximum absolute atomic E-state index is 12.9. The number of hydrogen-bond donors (Lipinski definition) is 1. The van der Waals surface area contributed by atoms with Crippen molar-refractivity contribution in [1.29, 1.82) is 0 Å². The number of fused-ring (bicyclic) bond motifs is 1. The molecule has 1 aliphatic rings. The minimum atomic E-state index is -0.106. The summed E-state index contributed by atoms with van der Waals surface area (Å²) in [7, 11) is 0. The summed E-state index contributed by atoms with van der Waals surface area (Å²) in [5.74, 6) is 0.734. The summed E-state index contributed by atoms with van der Waals surface area (Å²) in [6.07, 6.45) is 4.32. The van der Waals surface area contributed by atoms with Crippen molar-refractivity contribution in [2.24, 2.45) is 0 Å². The number of anilines is 1. The predicted molar refractivity (Wildman–Crippen MR) is 149 cm³/mol. The van der Waals surface area contributed by atoms with Crippen LogP contribution >= 0.6 is 23.5 Å². The molecule has 0 unspecified atom stereocenters. The molecule has 1 heterocycles. The summed E-state index contributed by atoms with van der Waals surface area (Å²) in [5.41, 5.74) is 7.48. The van der Waals surface area contributed by atoms with Crippen LogP contribution in [-0.4, -0.2) is 15.9 Å². The number of aromatic nitrogens is 2. The molecule has 0 saturated heterocycles. The molecular weight excluding hydrogens is 482 g/mol. The summed E-state index contributed by atoms with van der Waals surface area (Å²) < 4.78 is 0. The lowest BCUT2D eigenvalue weighted by Crippen LogP contribution is -2.13. The van der Waals surface area contributed by atoms with Crippen LogP contribution in [0, 0.1) is 13.8 Å². The monoisotopic (exact) mass is 511 g/mol. The summed E-state index contributed by atoms with van der Waals surface area (Å²) in [6.45, 7) is 4.10. The second-order valence-corrected chi connectivity index (χ2v) is 11.1. The lowest BCUT2D eigenvalue weighted by atomic mass is 9.98. The molecule has 182 valence electrons. The molecular formula is C30H29N3OS2. The molecule has 0 atom stereocenters. The third-order valence-electron chi connectivity index (χ3n) is 6.24. The Kier molecular flexibility index (Phi) is 7.73. The van der Waals surface area contributed by atoms with Gasteiger partial charge in [-0.2, -0.15) is 0 Å². The van der Waals surface area contributed by atoms with Gasteiger partial charge in [0.1, 0.15) is 5.03 Å². The van der Waals surface area contributed by atoms with E-state index in [1.165, 1.54) is 28.8 Å². The topological polar surface area (TPSA) is 54.9 Å². The second kappa shape index (κ2) is 11.3. The molecule has 1 aliphatic carbocycles. The highest BCUT2D eigenvalue weighted by Gasteiger charge is 2.20. The van der Waals surface area contributed by atoms with Crippen molar-refractivity contribution < 1.29 is 4.79 Å². The number of rotatable bonds is 7. The fourth-order valence-electron chi connectivity index (χ4n) is 4.26. The molecule has 3 aromatic carbocycles. The number of nitrogens with zero attached hydrogens (tertiary/aromatic N) is 2. The molecule has 1 N–H and O–H groups in total. The van der Waals surface area contributed by atoms with Gasteiger partial charge in [0, 0.05) is 27.5 Å². The van der Waals surface area contributed by atoms with Gasteiger partial charge in [0.05, 0.1) is 5.69 Å². The van der Waals surface area contributed by atoms with E-state index in [4.69, 9.17) is 9.97 Å². The second-order valence-electron chi connectivity index (χ2n) is 9.14. The van der Waals surface area contributed by atoms with Gasteiger partial charge < -0.3 is 5.32 Å². The van der Waals surface area contributed by atoms with Gasteiger partial charge in [-0.3, -0.25) is 4.79 Å². The van der Waals surface area contributed by atoms with Gasteiger partial charge in [0.2, 0.25) is 0 Å². The molecule has 0 fully saturated rings. The van der Waals surface area contributed by atoms with Crippen molar-refractivity contribution in [3.63, 3.8) is 0 Å². The summed E-state index contributed by atoms with van der Waals surface area (Å²) in [6, 6.07) is 24.2. The number of para-hydroxylation sites is 1. The smallest absolute Gasteiger partial charge is 0.255 e. The van der Waals surface area contributed by atoms with Gasteiger partial charge in [0.25, 0.3) is 5.91 Å². The van der Waals surface area contributed by atoms with E-state index < -0.39 is 0 Å². The Morgan fingerprint density at radius 2 is 1.69 bits per heavy atom. The molecule has 0 aliphatic heterocycles. The molecule has 0 saturated carbocycles. The third-order valence-corrected chi connectivity index (χ3v) is 8.26. The van der Waals surface area contributed by atoms with E-state index >= 15 is 0 Å². The van der Waals surface area contributed by atoms with Crippen molar-refractivity contribution in [3.05, 3.63) is 106 Å². The van der Waals surface area contributed by atoms with E-state index in [1.807, 2.05) is 55.5 Å². The fraction of sp³-hybridized carbons (Fsp3) is 0.233. The first-order valence-corrected chi connectivity index (χ1v) is 14.1. The van der Waals surface area contributed by atoms with Crippen molar-refractivity contribution >= 4 is 35.1 Å². The lowest BCUT2D eigenvalue weighted by Gasteiger charge is -2.19. The molecule has 1 amide bonds. The zero-order chi connectivity index (χ0) is 24.9. The Balaban J connectivity index is 1.40. The zero-order valence-corrected chi connectivity index (χ0v) is 22.2. The highest BCUT2D eigenvalue weighted by atomic mass is 32.2. The normalized spacial score (nSPS) is 12.7. The molecule has 36 heavy (non-hydrogen) atoms. The molecule has 0 spiro atoms. The van der Waals surface area contributed by atoms with E-state index in [0.29, 0.717) is 5.56 Å². The van der Waals surface area contributed by atoms with E-state index in [2.05, 4.69) is 36.5 Å². The number of carbonyl (C=O) groups excluding carboxylic acids is 1. The van der Waals surface area contributed by atoms with E-state index in [9.17, 15) is 4.79 Å². The third kappa shape index (κ3) is 6.00. The molecule has 0 bridgehead atoms. The summed E-state index contributed by atoms with van der Waals surface area (Å²) in [4.78, 5) is 23.9. The van der Waals surface area contributed by atoms with E-state index in [1.54, 1.807) is 23.5 Å². The Morgan fingerprint density at radius 1 is 0.889 bits per heavy atom. The highest BCUT2D eigenvalue weighted by Crippen LogP contribution is 2.38. The van der Waals surface area contributed by atoms with Gasteiger partial charge in [-0.05, 0) is 69.4 Å². The Morgan fingerprint density at radius 3 is 2.53 bits per heavy atom. The van der Waals surface area contributed by atoms with E-state index in [0.717, 1.165) is 51.3 Å². The Hall–Kier alpha value is -3.09. The number of amides is 1. The van der Waals surface area contributed by atoms with Crippen LogP contribution in [-0.2, 0) is 18.6 Å². The molecule has 6 heteroatoms. The van der Waals surface area contributed by atoms with Crippen LogP contribution in [0.15, 0.2) is 87.9 Å². The number of hydrogen-bond acceptors (Lipinski definition) is 5. The van der Waals surface area contributed by atoms with Crippen molar-refractivity contribution in [3.8, 4) is 0 Å². The van der Waals surface area contributed by atoms with Crippen molar-refractivity contribution in [2.75, 3.05) is 5.32 Å². The Bertz CT molecular complexity index is 1390. The van der Waals surface area contributed by atoms with Crippen LogP contribution in [0.3, 0.4) is 0 Å². The maximum atomic E-state index is 12.9. The van der Waals surface area contributed by atoms with Crippen LogP contribution in [0.25, 0.3) is 0 Å².